The second kappa shape index (κ2) is 8.99. The third-order valence-electron chi connectivity index (χ3n) is 5.24. The Hall–Kier alpha value is -2.34. The predicted octanol–water partition coefficient (Wildman–Crippen LogP) is 4.65. The summed E-state index contributed by atoms with van der Waals surface area (Å²) >= 11 is 1.64. The Morgan fingerprint density at radius 3 is 2.59 bits per heavy atom. The van der Waals surface area contributed by atoms with Gasteiger partial charge in [-0.15, -0.1) is 11.8 Å². The molecule has 4 nitrogen and oxygen atoms in total. The highest BCUT2D eigenvalue weighted by atomic mass is 32.2. The molecule has 0 aliphatic carbocycles. The number of benzene rings is 2. The van der Waals surface area contributed by atoms with Gasteiger partial charge in [-0.3, -0.25) is 9.59 Å². The fourth-order valence-corrected chi connectivity index (χ4v) is 5.01. The van der Waals surface area contributed by atoms with Crippen LogP contribution < -0.4 is 0 Å². The zero-order valence-corrected chi connectivity index (χ0v) is 18.1. The van der Waals surface area contributed by atoms with Crippen molar-refractivity contribution in [2.24, 2.45) is 0 Å². The molecule has 3 rings (SSSR count). The Morgan fingerprint density at radius 1 is 1.21 bits per heavy atom. The largest absolute Gasteiger partial charge is 0.334 e. The molecule has 2 aromatic rings. The molecule has 0 aromatic heterocycles. The van der Waals surface area contributed by atoms with E-state index in [4.69, 9.17) is 0 Å². The lowest BCUT2D eigenvalue weighted by Crippen LogP contribution is -2.43. The first-order chi connectivity index (χ1) is 13.8. The number of halogens is 1. The van der Waals surface area contributed by atoms with E-state index in [1.54, 1.807) is 22.7 Å². The van der Waals surface area contributed by atoms with Gasteiger partial charge in [-0.25, -0.2) is 4.39 Å². The maximum atomic E-state index is 13.6. The third-order valence-corrected chi connectivity index (χ3v) is 6.62. The predicted molar refractivity (Wildman–Crippen MR) is 115 cm³/mol. The average Bonchev–Trinajstić information content (AvgIpc) is 2.96. The molecule has 0 saturated carbocycles. The minimum atomic E-state index is -0.431. The van der Waals surface area contributed by atoms with Crippen LogP contribution in [-0.4, -0.2) is 46.0 Å². The van der Waals surface area contributed by atoms with Crippen LogP contribution in [0, 0.1) is 12.7 Å². The molecular formula is C23H27FN2O2S. The Labute approximate surface area is 176 Å². The van der Waals surface area contributed by atoms with Crippen LogP contribution in [0.1, 0.15) is 47.6 Å². The minimum Gasteiger partial charge on any atom is -0.334 e. The van der Waals surface area contributed by atoms with E-state index in [9.17, 15) is 14.0 Å². The van der Waals surface area contributed by atoms with Gasteiger partial charge >= 0.3 is 0 Å². The van der Waals surface area contributed by atoms with Crippen LogP contribution in [0.15, 0.2) is 48.5 Å². The van der Waals surface area contributed by atoms with E-state index >= 15 is 0 Å². The SMILES string of the molecule is Cc1ccccc1[C@@H]1S[C@H](C)C(=O)N1CCN(C(=O)c1cccc(F)c1)C(C)C. The average molecular weight is 415 g/mol. The van der Waals surface area contributed by atoms with Crippen molar-refractivity contribution < 1.29 is 14.0 Å². The van der Waals surface area contributed by atoms with E-state index in [1.807, 2.05) is 37.8 Å². The normalized spacial score (nSPS) is 19.1. The third kappa shape index (κ3) is 4.64. The van der Waals surface area contributed by atoms with Gasteiger partial charge < -0.3 is 9.80 Å². The van der Waals surface area contributed by atoms with Crippen molar-refractivity contribution in [3.8, 4) is 0 Å². The van der Waals surface area contributed by atoms with Gasteiger partial charge in [-0.05, 0) is 57.0 Å². The van der Waals surface area contributed by atoms with Gasteiger partial charge in [-0.1, -0.05) is 30.3 Å². The first-order valence-corrected chi connectivity index (χ1v) is 10.8. The van der Waals surface area contributed by atoms with Crippen molar-refractivity contribution in [3.05, 3.63) is 71.0 Å². The van der Waals surface area contributed by atoms with Crippen molar-refractivity contribution in [1.82, 2.24) is 9.80 Å². The lowest BCUT2D eigenvalue weighted by molar-refractivity contribution is -0.130. The van der Waals surface area contributed by atoms with Crippen LogP contribution in [0.2, 0.25) is 0 Å². The summed E-state index contributed by atoms with van der Waals surface area (Å²) in [5.41, 5.74) is 2.60. The van der Waals surface area contributed by atoms with Gasteiger partial charge in [-0.2, -0.15) is 0 Å². The molecule has 154 valence electrons. The number of hydrogen-bond acceptors (Lipinski definition) is 3. The van der Waals surface area contributed by atoms with Gasteiger partial charge in [0.2, 0.25) is 5.91 Å². The van der Waals surface area contributed by atoms with E-state index in [0.29, 0.717) is 18.7 Å². The summed E-state index contributed by atoms with van der Waals surface area (Å²) < 4.78 is 13.6. The van der Waals surface area contributed by atoms with E-state index in [-0.39, 0.29) is 28.5 Å². The summed E-state index contributed by atoms with van der Waals surface area (Å²) in [6.45, 7) is 8.67. The quantitative estimate of drug-likeness (QED) is 0.691. The second-order valence-corrected chi connectivity index (χ2v) is 9.05. The monoisotopic (exact) mass is 414 g/mol. The summed E-state index contributed by atoms with van der Waals surface area (Å²) in [6, 6.07) is 13.8. The lowest BCUT2D eigenvalue weighted by Gasteiger charge is -2.31. The molecule has 1 aliphatic rings. The van der Waals surface area contributed by atoms with Crippen LogP contribution in [0.3, 0.4) is 0 Å². The summed E-state index contributed by atoms with van der Waals surface area (Å²) in [7, 11) is 0. The first kappa shape index (κ1) is 21.4. The fraction of sp³-hybridized carbons (Fsp3) is 0.391. The molecule has 6 heteroatoms. The first-order valence-electron chi connectivity index (χ1n) is 9.87. The molecule has 29 heavy (non-hydrogen) atoms. The molecular weight excluding hydrogens is 387 g/mol. The van der Waals surface area contributed by atoms with E-state index < -0.39 is 5.82 Å². The lowest BCUT2D eigenvalue weighted by atomic mass is 10.1. The molecule has 0 spiro atoms. The molecule has 2 atom stereocenters. The summed E-state index contributed by atoms with van der Waals surface area (Å²) in [5, 5.41) is -0.178. The number of rotatable bonds is 6. The molecule has 0 bridgehead atoms. The number of hydrogen-bond donors (Lipinski definition) is 0. The van der Waals surface area contributed by atoms with Crippen LogP contribution in [0.4, 0.5) is 4.39 Å². The summed E-state index contributed by atoms with van der Waals surface area (Å²) in [4.78, 5) is 29.3. The smallest absolute Gasteiger partial charge is 0.254 e. The van der Waals surface area contributed by atoms with Crippen molar-refractivity contribution >= 4 is 23.6 Å². The minimum absolute atomic E-state index is 0.0583. The number of carbonyl (C=O) groups excluding carboxylic acids is 2. The van der Waals surface area contributed by atoms with Gasteiger partial charge in [0.05, 0.1) is 5.25 Å². The van der Waals surface area contributed by atoms with E-state index in [0.717, 1.165) is 11.1 Å². The number of thioether (sulfide) groups is 1. The Kier molecular flexibility index (Phi) is 6.63. The molecule has 1 fully saturated rings. The molecule has 0 unspecified atom stereocenters. The Bertz CT molecular complexity index is 902. The zero-order chi connectivity index (χ0) is 21.1. The van der Waals surface area contributed by atoms with Crippen LogP contribution >= 0.6 is 11.8 Å². The van der Waals surface area contributed by atoms with Crippen molar-refractivity contribution in [2.75, 3.05) is 13.1 Å². The fourth-order valence-electron chi connectivity index (χ4n) is 3.60. The second-order valence-electron chi connectivity index (χ2n) is 7.62. The maximum Gasteiger partial charge on any atom is 0.254 e. The highest BCUT2D eigenvalue weighted by molar-refractivity contribution is 8.01. The Balaban J connectivity index is 1.79. The summed E-state index contributed by atoms with van der Waals surface area (Å²) in [5.74, 6) is -0.566. The highest BCUT2D eigenvalue weighted by Crippen LogP contribution is 2.43. The molecule has 0 radical (unpaired) electrons. The summed E-state index contributed by atoms with van der Waals surface area (Å²) in [6.07, 6.45) is 0. The van der Waals surface area contributed by atoms with Gasteiger partial charge in [0.1, 0.15) is 11.2 Å². The van der Waals surface area contributed by atoms with E-state index in [1.165, 1.54) is 18.2 Å². The Morgan fingerprint density at radius 2 is 1.93 bits per heavy atom. The van der Waals surface area contributed by atoms with Crippen LogP contribution in [-0.2, 0) is 4.79 Å². The molecule has 1 saturated heterocycles. The maximum absolute atomic E-state index is 13.6. The number of nitrogens with zero attached hydrogens (tertiary/aromatic N) is 2. The molecule has 2 aromatic carbocycles. The van der Waals surface area contributed by atoms with Crippen LogP contribution in [0.25, 0.3) is 0 Å². The van der Waals surface area contributed by atoms with Gasteiger partial charge in [0, 0.05) is 24.7 Å². The number of carbonyl (C=O) groups is 2. The number of aryl methyl sites for hydroxylation is 1. The van der Waals surface area contributed by atoms with Crippen molar-refractivity contribution in [2.45, 2.75) is 44.4 Å². The standard InChI is InChI=1S/C23H27FN2O2S/c1-15(2)25(22(28)18-9-7-10-19(24)14-18)12-13-26-21(27)17(4)29-23(26)20-11-6-5-8-16(20)3/h5-11,14-15,17,23H,12-13H2,1-4H3/t17-,23+/m1/s1. The molecule has 1 heterocycles. The topological polar surface area (TPSA) is 40.6 Å². The zero-order valence-electron chi connectivity index (χ0n) is 17.3. The van der Waals surface area contributed by atoms with Crippen molar-refractivity contribution in [3.63, 3.8) is 0 Å². The van der Waals surface area contributed by atoms with E-state index in [2.05, 4.69) is 19.1 Å². The molecule has 2 amide bonds. The number of amides is 2. The van der Waals surface area contributed by atoms with Crippen LogP contribution in [0.5, 0.6) is 0 Å². The molecule has 0 N–H and O–H groups in total. The van der Waals surface area contributed by atoms with Gasteiger partial charge in [0.25, 0.3) is 5.91 Å². The highest BCUT2D eigenvalue weighted by Gasteiger charge is 2.39. The van der Waals surface area contributed by atoms with Crippen molar-refractivity contribution in [1.29, 1.82) is 0 Å². The van der Waals surface area contributed by atoms with Gasteiger partial charge in [0.15, 0.2) is 0 Å². The molecule has 1 aliphatic heterocycles.